The van der Waals surface area contributed by atoms with Gasteiger partial charge in [-0.3, -0.25) is 9.59 Å². The quantitative estimate of drug-likeness (QED) is 0.620. The smallest absolute Gasteiger partial charge is 0.309 e. The van der Waals surface area contributed by atoms with Crippen molar-refractivity contribution in [1.29, 1.82) is 0 Å². The van der Waals surface area contributed by atoms with Crippen LogP contribution in [0.25, 0.3) is 0 Å². The summed E-state index contributed by atoms with van der Waals surface area (Å²) in [5.74, 6) is -0.640. The van der Waals surface area contributed by atoms with E-state index in [1.165, 1.54) is 19.3 Å². The van der Waals surface area contributed by atoms with Gasteiger partial charge in [0.1, 0.15) is 0 Å². The van der Waals surface area contributed by atoms with E-state index in [9.17, 15) is 9.59 Å². The summed E-state index contributed by atoms with van der Waals surface area (Å²) in [6.45, 7) is 0. The Morgan fingerprint density at radius 1 is 1.31 bits per heavy atom. The van der Waals surface area contributed by atoms with Crippen molar-refractivity contribution in [3.05, 3.63) is 42.5 Å². The van der Waals surface area contributed by atoms with Crippen LogP contribution >= 0.6 is 0 Å². The van der Waals surface area contributed by atoms with Crippen LogP contribution in [0.5, 0.6) is 0 Å². The van der Waals surface area contributed by atoms with Crippen LogP contribution in [0.2, 0.25) is 0 Å². The fourth-order valence-electron chi connectivity index (χ4n) is 1.05. The van der Waals surface area contributed by atoms with Gasteiger partial charge in [-0.1, -0.05) is 24.3 Å². The lowest BCUT2D eigenvalue weighted by atomic mass is 10.3. The Bertz CT molecular complexity index is 385. The molecule has 1 aromatic rings. The molecule has 84 valence electrons. The lowest BCUT2D eigenvalue weighted by Crippen LogP contribution is -2.08. The van der Waals surface area contributed by atoms with E-state index in [1.807, 2.05) is 18.2 Å². The van der Waals surface area contributed by atoms with Crippen molar-refractivity contribution in [3.63, 3.8) is 0 Å². The zero-order valence-electron chi connectivity index (χ0n) is 8.97. The van der Waals surface area contributed by atoms with Gasteiger partial charge in [-0.15, -0.1) is 0 Å². The molecule has 0 radical (unpaired) electrons. The third-order valence-corrected chi connectivity index (χ3v) is 1.82. The van der Waals surface area contributed by atoms with Crippen molar-refractivity contribution < 1.29 is 14.3 Å². The number of amides is 1. The van der Waals surface area contributed by atoms with Gasteiger partial charge in [0.15, 0.2) is 0 Å². The standard InChI is InChI=1S/C12H13NO3/c1-16-12(15)9-5-8-11(14)13-10-6-3-2-4-7-10/h2-8H,9H2,1H3,(H,13,14). The first-order chi connectivity index (χ1) is 7.72. The number of ether oxygens (including phenoxy) is 1. The van der Waals surface area contributed by atoms with Gasteiger partial charge >= 0.3 is 5.97 Å². The first kappa shape index (κ1) is 12.0. The minimum Gasteiger partial charge on any atom is -0.469 e. The second-order valence-electron chi connectivity index (χ2n) is 3.04. The molecule has 0 aromatic heterocycles. The maximum absolute atomic E-state index is 11.3. The van der Waals surface area contributed by atoms with E-state index in [4.69, 9.17) is 0 Å². The zero-order chi connectivity index (χ0) is 11.8. The zero-order valence-corrected chi connectivity index (χ0v) is 8.97. The van der Waals surface area contributed by atoms with Crippen molar-refractivity contribution in [2.75, 3.05) is 12.4 Å². The molecular formula is C12H13NO3. The van der Waals surface area contributed by atoms with E-state index in [0.717, 1.165) is 5.69 Å². The maximum atomic E-state index is 11.3. The number of carbonyl (C=O) groups is 2. The summed E-state index contributed by atoms with van der Waals surface area (Å²) >= 11 is 0. The number of benzene rings is 1. The Hall–Kier alpha value is -2.10. The molecule has 0 spiro atoms. The first-order valence-corrected chi connectivity index (χ1v) is 4.82. The summed E-state index contributed by atoms with van der Waals surface area (Å²) in [5, 5.41) is 2.66. The van der Waals surface area contributed by atoms with E-state index >= 15 is 0 Å². The van der Waals surface area contributed by atoms with E-state index in [-0.39, 0.29) is 18.3 Å². The largest absolute Gasteiger partial charge is 0.469 e. The molecule has 0 fully saturated rings. The minimum atomic E-state index is -0.372. The average molecular weight is 219 g/mol. The van der Waals surface area contributed by atoms with Gasteiger partial charge in [-0.25, -0.2) is 0 Å². The molecule has 0 saturated heterocycles. The maximum Gasteiger partial charge on any atom is 0.309 e. The molecule has 1 N–H and O–H groups in total. The number of para-hydroxylation sites is 1. The molecule has 0 atom stereocenters. The van der Waals surface area contributed by atoms with Crippen LogP contribution in [0, 0.1) is 0 Å². The number of methoxy groups -OCH3 is 1. The Kier molecular flexibility index (Phi) is 4.79. The number of hydrogen-bond acceptors (Lipinski definition) is 3. The molecule has 0 bridgehead atoms. The normalized spacial score (nSPS) is 10.1. The van der Waals surface area contributed by atoms with Crippen LogP contribution in [0.1, 0.15) is 6.42 Å². The fraction of sp³-hybridized carbons (Fsp3) is 0.167. The lowest BCUT2D eigenvalue weighted by Gasteiger charge is -2.00. The summed E-state index contributed by atoms with van der Waals surface area (Å²) in [7, 11) is 1.31. The van der Waals surface area contributed by atoms with Crippen molar-refractivity contribution in [1.82, 2.24) is 0 Å². The number of hydrogen-bond donors (Lipinski definition) is 1. The Morgan fingerprint density at radius 2 is 2.00 bits per heavy atom. The molecule has 0 unspecified atom stereocenters. The minimum absolute atomic E-state index is 0.0959. The number of nitrogens with one attached hydrogen (secondary N) is 1. The van der Waals surface area contributed by atoms with Crippen molar-refractivity contribution in [3.8, 4) is 0 Å². The summed E-state index contributed by atoms with van der Waals surface area (Å²) in [4.78, 5) is 22.1. The summed E-state index contributed by atoms with van der Waals surface area (Å²) in [5.41, 5.74) is 0.718. The first-order valence-electron chi connectivity index (χ1n) is 4.82. The molecule has 0 aliphatic rings. The highest BCUT2D eigenvalue weighted by atomic mass is 16.5. The number of esters is 1. The van der Waals surface area contributed by atoms with Crippen LogP contribution < -0.4 is 5.32 Å². The molecule has 0 aliphatic heterocycles. The van der Waals surface area contributed by atoms with E-state index in [0.29, 0.717) is 0 Å². The number of anilines is 1. The predicted octanol–water partition coefficient (Wildman–Crippen LogP) is 1.74. The molecular weight excluding hydrogens is 206 g/mol. The highest BCUT2D eigenvalue weighted by Crippen LogP contribution is 2.04. The van der Waals surface area contributed by atoms with Gasteiger partial charge in [0.25, 0.3) is 0 Å². The fourth-order valence-corrected chi connectivity index (χ4v) is 1.05. The van der Waals surface area contributed by atoms with Gasteiger partial charge < -0.3 is 10.1 Å². The summed E-state index contributed by atoms with van der Waals surface area (Å²) < 4.78 is 4.43. The van der Waals surface area contributed by atoms with Crippen molar-refractivity contribution >= 4 is 17.6 Å². The lowest BCUT2D eigenvalue weighted by molar-refractivity contribution is -0.139. The van der Waals surface area contributed by atoms with Gasteiger partial charge in [0, 0.05) is 5.69 Å². The monoisotopic (exact) mass is 219 g/mol. The van der Waals surface area contributed by atoms with Gasteiger partial charge in [0.05, 0.1) is 13.5 Å². The van der Waals surface area contributed by atoms with E-state index < -0.39 is 0 Å². The Balaban J connectivity index is 2.39. The Labute approximate surface area is 93.9 Å². The predicted molar refractivity (Wildman–Crippen MR) is 60.8 cm³/mol. The molecule has 1 amide bonds. The molecule has 0 heterocycles. The highest BCUT2D eigenvalue weighted by molar-refractivity contribution is 5.99. The Morgan fingerprint density at radius 3 is 2.62 bits per heavy atom. The topological polar surface area (TPSA) is 55.4 Å². The molecule has 1 rings (SSSR count). The highest BCUT2D eigenvalue weighted by Gasteiger charge is 1.98. The molecule has 0 saturated carbocycles. The molecule has 0 aliphatic carbocycles. The van der Waals surface area contributed by atoms with Gasteiger partial charge in [-0.05, 0) is 18.2 Å². The second kappa shape index (κ2) is 6.40. The molecule has 1 aromatic carbocycles. The van der Waals surface area contributed by atoms with Crippen LogP contribution in [0.3, 0.4) is 0 Å². The third-order valence-electron chi connectivity index (χ3n) is 1.82. The van der Waals surface area contributed by atoms with Crippen LogP contribution in [0.4, 0.5) is 5.69 Å². The number of carbonyl (C=O) groups excluding carboxylic acids is 2. The molecule has 4 nitrogen and oxygen atoms in total. The van der Waals surface area contributed by atoms with Crippen LogP contribution in [0.15, 0.2) is 42.5 Å². The van der Waals surface area contributed by atoms with Gasteiger partial charge in [-0.2, -0.15) is 0 Å². The third kappa shape index (κ3) is 4.41. The summed E-state index contributed by atoms with van der Waals surface area (Å²) in [6.07, 6.45) is 2.87. The van der Waals surface area contributed by atoms with Gasteiger partial charge in [0.2, 0.25) is 5.91 Å². The van der Waals surface area contributed by atoms with Crippen molar-refractivity contribution in [2.45, 2.75) is 6.42 Å². The molecule has 16 heavy (non-hydrogen) atoms. The molecule has 4 heteroatoms. The van der Waals surface area contributed by atoms with Crippen molar-refractivity contribution in [2.24, 2.45) is 0 Å². The second-order valence-corrected chi connectivity index (χ2v) is 3.04. The van der Waals surface area contributed by atoms with Crippen LogP contribution in [-0.2, 0) is 14.3 Å². The summed E-state index contributed by atoms with van der Waals surface area (Å²) in [6, 6.07) is 9.09. The number of rotatable bonds is 4. The van der Waals surface area contributed by atoms with E-state index in [1.54, 1.807) is 12.1 Å². The van der Waals surface area contributed by atoms with Crippen LogP contribution in [-0.4, -0.2) is 19.0 Å². The van der Waals surface area contributed by atoms with E-state index in [2.05, 4.69) is 10.1 Å². The SMILES string of the molecule is COC(=O)CC=CC(=O)Nc1ccccc1. The average Bonchev–Trinajstić information content (AvgIpc) is 2.30.